The zero-order valence-corrected chi connectivity index (χ0v) is 17.5. The Balaban J connectivity index is 1.73. The number of carbonyl (C=O) groups is 1. The number of nitrogens with zero attached hydrogens (tertiary/aromatic N) is 1. The lowest BCUT2D eigenvalue weighted by Crippen LogP contribution is -2.33. The lowest BCUT2D eigenvalue weighted by molar-refractivity contribution is -0.116. The SMILES string of the molecule is N=C/C(=C\C=[NH2+])c1[nH]nc(NC(=O)CCc2cc(F)c(F)c(F)c2)c1OC[C@H]1COCCO1. The van der Waals surface area contributed by atoms with Gasteiger partial charge < -0.3 is 24.9 Å². The van der Waals surface area contributed by atoms with Crippen molar-refractivity contribution in [2.45, 2.75) is 18.9 Å². The zero-order chi connectivity index (χ0) is 23.8. The fraction of sp³-hybridized carbons (Fsp3) is 0.333. The molecule has 0 saturated carbocycles. The third-order valence-electron chi connectivity index (χ3n) is 4.68. The number of halogens is 3. The Morgan fingerprint density at radius 2 is 2.09 bits per heavy atom. The van der Waals surface area contributed by atoms with Gasteiger partial charge in [-0.15, -0.1) is 0 Å². The van der Waals surface area contributed by atoms with Crippen LogP contribution in [-0.2, 0) is 20.7 Å². The number of hydrogen-bond acceptors (Lipinski definition) is 6. The summed E-state index contributed by atoms with van der Waals surface area (Å²) in [5, 5.41) is 22.3. The van der Waals surface area contributed by atoms with Gasteiger partial charge in [-0.3, -0.25) is 15.3 Å². The van der Waals surface area contributed by atoms with Crippen LogP contribution in [0.1, 0.15) is 17.7 Å². The van der Waals surface area contributed by atoms with Crippen molar-refractivity contribution in [2.75, 3.05) is 31.7 Å². The molecule has 12 heteroatoms. The molecular weight excluding hydrogens is 443 g/mol. The fourth-order valence-electron chi connectivity index (χ4n) is 3.07. The van der Waals surface area contributed by atoms with Crippen LogP contribution in [0.3, 0.4) is 0 Å². The standard InChI is InChI=1S/C21H22F3N5O4/c22-15-7-12(8-16(23)18(15)24)1-2-17(30)27-21-20(33-11-14-10-31-5-6-32-14)19(28-29-21)13(9-26)3-4-25/h3-4,7-9,14,25-26H,1-2,5-6,10-11H2,(H2,27,28,29,30)/p+1/b13-3+,25-4?,26-9?/t14-/m1/s1. The average molecular weight is 466 g/mol. The van der Waals surface area contributed by atoms with Gasteiger partial charge in [0.15, 0.2) is 35.2 Å². The Morgan fingerprint density at radius 3 is 2.73 bits per heavy atom. The first-order valence-electron chi connectivity index (χ1n) is 10.0. The number of nitrogens with one attached hydrogen (secondary N) is 3. The summed E-state index contributed by atoms with van der Waals surface area (Å²) in [6.07, 6.45) is 3.21. The molecule has 1 saturated heterocycles. The second-order valence-corrected chi connectivity index (χ2v) is 7.04. The monoisotopic (exact) mass is 466 g/mol. The summed E-state index contributed by atoms with van der Waals surface area (Å²) in [6, 6.07) is 1.67. The van der Waals surface area contributed by atoms with Crippen molar-refractivity contribution in [1.82, 2.24) is 10.2 Å². The van der Waals surface area contributed by atoms with E-state index in [1.807, 2.05) is 0 Å². The summed E-state index contributed by atoms with van der Waals surface area (Å²) in [5.41, 5.74) is 0.780. The molecule has 9 nitrogen and oxygen atoms in total. The highest BCUT2D eigenvalue weighted by atomic mass is 19.2. The number of rotatable bonds is 10. The van der Waals surface area contributed by atoms with Crippen molar-refractivity contribution in [1.29, 1.82) is 5.41 Å². The zero-order valence-electron chi connectivity index (χ0n) is 17.5. The normalized spacial score (nSPS) is 16.3. The van der Waals surface area contributed by atoms with Crippen LogP contribution in [0.2, 0.25) is 0 Å². The van der Waals surface area contributed by atoms with Gasteiger partial charge in [0.05, 0.1) is 19.8 Å². The Kier molecular flexibility index (Phi) is 8.33. The van der Waals surface area contributed by atoms with Crippen LogP contribution < -0.4 is 15.5 Å². The number of aromatic nitrogens is 2. The molecule has 1 atom stereocenters. The molecule has 5 N–H and O–H groups in total. The molecule has 2 aromatic rings. The molecule has 176 valence electrons. The van der Waals surface area contributed by atoms with Crippen LogP contribution >= 0.6 is 0 Å². The number of amides is 1. The van der Waals surface area contributed by atoms with Crippen LogP contribution in [0.15, 0.2) is 18.2 Å². The third-order valence-corrected chi connectivity index (χ3v) is 4.68. The van der Waals surface area contributed by atoms with Gasteiger partial charge in [-0.2, -0.15) is 5.10 Å². The molecule has 0 unspecified atom stereocenters. The summed E-state index contributed by atoms with van der Waals surface area (Å²) in [7, 11) is 0. The minimum Gasteiger partial charge on any atom is -0.485 e. The van der Waals surface area contributed by atoms with Crippen molar-refractivity contribution >= 4 is 29.7 Å². The molecule has 33 heavy (non-hydrogen) atoms. The average Bonchev–Trinajstić information content (AvgIpc) is 3.20. The second-order valence-electron chi connectivity index (χ2n) is 7.04. The van der Waals surface area contributed by atoms with E-state index in [4.69, 9.17) is 25.0 Å². The molecule has 1 aromatic heterocycles. The summed E-state index contributed by atoms with van der Waals surface area (Å²) in [4.78, 5) is 12.4. The maximum absolute atomic E-state index is 13.4. The van der Waals surface area contributed by atoms with Crippen LogP contribution in [-0.4, -0.2) is 61.1 Å². The maximum atomic E-state index is 13.4. The van der Waals surface area contributed by atoms with E-state index in [2.05, 4.69) is 15.5 Å². The van der Waals surface area contributed by atoms with E-state index in [1.165, 1.54) is 12.3 Å². The Bertz CT molecular complexity index is 1030. The molecule has 1 aliphatic heterocycles. The van der Waals surface area contributed by atoms with Crippen LogP contribution in [0.4, 0.5) is 19.0 Å². The van der Waals surface area contributed by atoms with Crippen LogP contribution in [0, 0.1) is 22.9 Å². The van der Waals surface area contributed by atoms with Gasteiger partial charge in [-0.05, 0) is 24.1 Å². The first-order chi connectivity index (χ1) is 15.9. The van der Waals surface area contributed by atoms with E-state index in [0.717, 1.165) is 18.3 Å². The molecule has 2 heterocycles. The quantitative estimate of drug-likeness (QED) is 0.307. The molecule has 0 spiro atoms. The molecule has 0 radical (unpaired) electrons. The molecule has 0 bridgehead atoms. The van der Waals surface area contributed by atoms with Gasteiger partial charge in [0.2, 0.25) is 5.91 Å². The molecule has 1 aromatic carbocycles. The number of hydrogen-bond donors (Lipinski definition) is 4. The topological polar surface area (TPSA) is 135 Å². The number of benzene rings is 1. The number of ether oxygens (including phenoxy) is 3. The van der Waals surface area contributed by atoms with Crippen LogP contribution in [0.25, 0.3) is 5.57 Å². The lowest BCUT2D eigenvalue weighted by Gasteiger charge is -2.23. The van der Waals surface area contributed by atoms with Crippen molar-refractivity contribution in [2.24, 2.45) is 0 Å². The first kappa shape index (κ1) is 24.1. The number of aromatic amines is 1. The maximum Gasteiger partial charge on any atom is 0.226 e. The minimum absolute atomic E-state index is 0.0333. The summed E-state index contributed by atoms with van der Waals surface area (Å²) >= 11 is 0. The van der Waals surface area contributed by atoms with Gasteiger partial charge in [0, 0.05) is 24.3 Å². The van der Waals surface area contributed by atoms with E-state index in [9.17, 15) is 18.0 Å². The predicted octanol–water partition coefficient (Wildman–Crippen LogP) is 1.06. The molecule has 3 rings (SSSR count). The van der Waals surface area contributed by atoms with E-state index in [0.29, 0.717) is 31.1 Å². The van der Waals surface area contributed by atoms with Gasteiger partial charge in [-0.25, -0.2) is 13.2 Å². The number of allylic oxidation sites excluding steroid dienone is 2. The summed E-state index contributed by atoms with van der Waals surface area (Å²) < 4.78 is 56.6. The molecule has 1 amide bonds. The molecular formula is C21H23F3N5O4+. The number of carbonyl (C=O) groups excluding carboxylic acids is 1. The van der Waals surface area contributed by atoms with Crippen molar-refractivity contribution < 1.29 is 37.6 Å². The number of H-pyrrole nitrogens is 1. The van der Waals surface area contributed by atoms with Gasteiger partial charge in [0.25, 0.3) is 0 Å². The lowest BCUT2D eigenvalue weighted by atomic mass is 10.1. The minimum atomic E-state index is -1.56. The Hall–Kier alpha value is -3.51. The van der Waals surface area contributed by atoms with Gasteiger partial charge in [0.1, 0.15) is 18.4 Å². The highest BCUT2D eigenvalue weighted by Gasteiger charge is 2.22. The number of anilines is 1. The van der Waals surface area contributed by atoms with Gasteiger partial charge >= 0.3 is 0 Å². The first-order valence-corrected chi connectivity index (χ1v) is 10.0. The largest absolute Gasteiger partial charge is 0.485 e. The van der Waals surface area contributed by atoms with E-state index >= 15 is 0 Å². The molecule has 0 aliphatic carbocycles. The second kappa shape index (κ2) is 11.4. The van der Waals surface area contributed by atoms with Gasteiger partial charge in [-0.1, -0.05) is 0 Å². The summed E-state index contributed by atoms with van der Waals surface area (Å²) in [5.74, 6) is -4.53. The Labute approximate surface area is 186 Å². The van der Waals surface area contributed by atoms with E-state index < -0.39 is 23.4 Å². The van der Waals surface area contributed by atoms with E-state index in [1.54, 1.807) is 0 Å². The fourth-order valence-corrected chi connectivity index (χ4v) is 3.07. The Morgan fingerprint density at radius 1 is 1.33 bits per heavy atom. The highest BCUT2D eigenvalue weighted by Crippen LogP contribution is 2.31. The third kappa shape index (κ3) is 6.26. The molecule has 1 aliphatic rings. The van der Waals surface area contributed by atoms with Crippen molar-refractivity contribution in [3.8, 4) is 5.75 Å². The number of nitrogens with two attached hydrogens (primary N) is 1. The highest BCUT2D eigenvalue weighted by molar-refractivity contribution is 6.12. The predicted molar refractivity (Wildman–Crippen MR) is 113 cm³/mol. The smallest absolute Gasteiger partial charge is 0.226 e. The number of aryl methyl sites for hydroxylation is 1. The summed E-state index contributed by atoms with van der Waals surface area (Å²) in [6.45, 7) is 1.35. The van der Waals surface area contributed by atoms with Crippen molar-refractivity contribution in [3.63, 3.8) is 0 Å². The molecule has 1 fully saturated rings. The van der Waals surface area contributed by atoms with E-state index in [-0.39, 0.29) is 42.7 Å². The van der Waals surface area contributed by atoms with Crippen LogP contribution in [0.5, 0.6) is 5.75 Å². The van der Waals surface area contributed by atoms with Crippen molar-refractivity contribution in [3.05, 3.63) is 46.9 Å².